The van der Waals surface area contributed by atoms with Gasteiger partial charge in [0.25, 0.3) is 0 Å². The molecule has 1 aromatic carbocycles. The van der Waals surface area contributed by atoms with E-state index in [9.17, 15) is 4.79 Å². The van der Waals surface area contributed by atoms with Crippen molar-refractivity contribution in [2.75, 3.05) is 46.2 Å². The maximum absolute atomic E-state index is 12.1. The van der Waals surface area contributed by atoms with Gasteiger partial charge in [0.1, 0.15) is 5.75 Å². The lowest BCUT2D eigenvalue weighted by Gasteiger charge is -2.20. The molecule has 0 aliphatic rings. The zero-order valence-corrected chi connectivity index (χ0v) is 14.9. The Balaban J connectivity index is 2.53. The lowest BCUT2D eigenvalue weighted by atomic mass is 10.2. The fourth-order valence-corrected chi connectivity index (χ4v) is 2.21. The van der Waals surface area contributed by atoms with Crippen molar-refractivity contribution in [1.29, 1.82) is 0 Å². The third-order valence-corrected chi connectivity index (χ3v) is 3.44. The van der Waals surface area contributed by atoms with Gasteiger partial charge in [0.15, 0.2) is 0 Å². The van der Waals surface area contributed by atoms with Gasteiger partial charge >= 0.3 is 6.03 Å². The number of carbonyl (C=O) groups is 1. The van der Waals surface area contributed by atoms with Crippen LogP contribution in [0, 0.1) is 0 Å². The molecule has 1 aromatic rings. The van der Waals surface area contributed by atoms with Gasteiger partial charge in [-0.1, -0.05) is 11.6 Å². The van der Waals surface area contributed by atoms with Crippen molar-refractivity contribution in [3.05, 3.63) is 23.2 Å². The number of anilines is 1. The maximum atomic E-state index is 12.1. The topological polar surface area (TPSA) is 62.8 Å². The summed E-state index contributed by atoms with van der Waals surface area (Å²) in [7, 11) is 5.56. The van der Waals surface area contributed by atoms with Crippen molar-refractivity contribution in [1.82, 2.24) is 10.2 Å². The van der Waals surface area contributed by atoms with Gasteiger partial charge in [0.2, 0.25) is 0 Å². The summed E-state index contributed by atoms with van der Waals surface area (Å²) in [4.78, 5) is 14.1. The second-order valence-electron chi connectivity index (χ2n) is 5.35. The number of nitrogens with zero attached hydrogens (tertiary/aromatic N) is 1. The van der Waals surface area contributed by atoms with Gasteiger partial charge in [-0.25, -0.2) is 4.79 Å². The van der Waals surface area contributed by atoms with Crippen LogP contribution in [0.1, 0.15) is 13.3 Å². The lowest BCUT2D eigenvalue weighted by molar-refractivity contribution is 0.0538. The molecule has 0 heterocycles. The smallest absolute Gasteiger partial charge is 0.319 e. The molecule has 0 spiro atoms. The number of carbonyl (C=O) groups excluding carboxylic acids is 1. The quantitative estimate of drug-likeness (QED) is 0.723. The van der Waals surface area contributed by atoms with Gasteiger partial charge in [-0.05, 0) is 45.6 Å². The van der Waals surface area contributed by atoms with Crippen molar-refractivity contribution >= 4 is 23.3 Å². The first kappa shape index (κ1) is 19.5. The molecule has 1 rings (SSSR count). The number of amides is 2. The van der Waals surface area contributed by atoms with Crippen molar-refractivity contribution in [2.45, 2.75) is 19.4 Å². The molecule has 0 aromatic heterocycles. The first-order valence-corrected chi connectivity index (χ1v) is 7.98. The molecule has 2 amide bonds. The molecule has 0 aliphatic carbocycles. The summed E-state index contributed by atoms with van der Waals surface area (Å²) in [5, 5.41) is 6.08. The highest BCUT2D eigenvalue weighted by Crippen LogP contribution is 2.27. The molecule has 0 bridgehead atoms. The van der Waals surface area contributed by atoms with E-state index >= 15 is 0 Å². The first-order valence-electron chi connectivity index (χ1n) is 7.61. The van der Waals surface area contributed by atoms with Crippen LogP contribution in [0.2, 0.25) is 5.02 Å². The molecule has 23 heavy (non-hydrogen) atoms. The van der Waals surface area contributed by atoms with Crippen molar-refractivity contribution in [3.8, 4) is 5.75 Å². The van der Waals surface area contributed by atoms with Crippen LogP contribution in [-0.2, 0) is 4.74 Å². The van der Waals surface area contributed by atoms with Gasteiger partial charge < -0.3 is 25.0 Å². The lowest BCUT2D eigenvalue weighted by Crippen LogP contribution is -2.37. The van der Waals surface area contributed by atoms with Crippen LogP contribution in [-0.4, -0.2) is 57.9 Å². The normalized spacial score (nSPS) is 12.1. The van der Waals surface area contributed by atoms with Crippen LogP contribution in [0.15, 0.2) is 18.2 Å². The molecular weight excluding hydrogens is 318 g/mol. The number of halogens is 1. The number of ether oxygens (including phenoxy) is 2. The van der Waals surface area contributed by atoms with E-state index in [1.54, 1.807) is 25.3 Å². The summed E-state index contributed by atoms with van der Waals surface area (Å²) in [5.74, 6) is 0.554. The molecule has 7 heteroatoms. The predicted molar refractivity (Wildman–Crippen MR) is 93.6 cm³/mol. The van der Waals surface area contributed by atoms with Gasteiger partial charge in [-0.15, -0.1) is 0 Å². The molecule has 6 nitrogen and oxygen atoms in total. The fourth-order valence-electron chi connectivity index (χ4n) is 2.03. The molecule has 1 atom stereocenters. The van der Waals surface area contributed by atoms with E-state index in [2.05, 4.69) is 15.5 Å². The van der Waals surface area contributed by atoms with Crippen LogP contribution >= 0.6 is 11.6 Å². The van der Waals surface area contributed by atoms with Crippen LogP contribution in [0.3, 0.4) is 0 Å². The van der Waals surface area contributed by atoms with E-state index in [1.165, 1.54) is 0 Å². The van der Waals surface area contributed by atoms with Crippen molar-refractivity contribution < 1.29 is 14.3 Å². The second-order valence-corrected chi connectivity index (χ2v) is 5.79. The number of urea groups is 1. The Labute approximate surface area is 143 Å². The number of benzene rings is 1. The molecule has 2 N–H and O–H groups in total. The van der Waals surface area contributed by atoms with Gasteiger partial charge in [-0.3, -0.25) is 0 Å². The summed E-state index contributed by atoms with van der Waals surface area (Å²) < 4.78 is 10.8. The molecule has 0 aliphatic heterocycles. The fraction of sp³-hybridized carbons (Fsp3) is 0.562. The second kappa shape index (κ2) is 10.3. The highest BCUT2D eigenvalue weighted by molar-refractivity contribution is 6.31. The Morgan fingerprint density at radius 2 is 2.13 bits per heavy atom. The van der Waals surface area contributed by atoms with Gasteiger partial charge in [0.05, 0.1) is 18.9 Å². The highest BCUT2D eigenvalue weighted by Gasteiger charge is 2.12. The van der Waals surface area contributed by atoms with Crippen LogP contribution in [0.25, 0.3) is 0 Å². The molecule has 1 unspecified atom stereocenters. The minimum atomic E-state index is -0.319. The average Bonchev–Trinajstić information content (AvgIpc) is 2.50. The maximum Gasteiger partial charge on any atom is 0.319 e. The number of hydrogen-bond donors (Lipinski definition) is 2. The Bertz CT molecular complexity index is 497. The molecular formula is C16H26ClN3O3. The molecule has 130 valence electrons. The van der Waals surface area contributed by atoms with E-state index in [-0.39, 0.29) is 12.1 Å². The predicted octanol–water partition coefficient (Wildman–Crippen LogP) is 2.83. The van der Waals surface area contributed by atoms with E-state index in [1.807, 2.05) is 21.0 Å². The SMILES string of the molecule is CCOC(CCN(C)C)CNC(=O)Nc1cc(Cl)ccc1OC. The Morgan fingerprint density at radius 3 is 2.74 bits per heavy atom. The summed E-state index contributed by atoms with van der Waals surface area (Å²) in [5.41, 5.74) is 0.527. The average molecular weight is 344 g/mol. The van der Waals surface area contributed by atoms with E-state index in [0.29, 0.717) is 29.6 Å². The first-order chi connectivity index (χ1) is 11.0. The number of hydrogen-bond acceptors (Lipinski definition) is 4. The summed E-state index contributed by atoms with van der Waals surface area (Å²) in [6, 6.07) is 4.74. The molecule has 0 radical (unpaired) electrons. The third kappa shape index (κ3) is 7.54. The van der Waals surface area contributed by atoms with Crippen LogP contribution in [0.5, 0.6) is 5.75 Å². The number of rotatable bonds is 9. The van der Waals surface area contributed by atoms with Gasteiger partial charge in [0, 0.05) is 24.7 Å². The third-order valence-electron chi connectivity index (χ3n) is 3.20. The Hall–Kier alpha value is -1.50. The summed E-state index contributed by atoms with van der Waals surface area (Å²) in [6.45, 7) is 3.90. The molecule has 0 saturated heterocycles. The van der Waals surface area contributed by atoms with E-state index < -0.39 is 0 Å². The zero-order valence-electron chi connectivity index (χ0n) is 14.2. The van der Waals surface area contributed by atoms with Crippen LogP contribution in [0.4, 0.5) is 10.5 Å². The monoisotopic (exact) mass is 343 g/mol. The minimum Gasteiger partial charge on any atom is -0.495 e. The molecule has 0 saturated carbocycles. The van der Waals surface area contributed by atoms with E-state index in [4.69, 9.17) is 21.1 Å². The Morgan fingerprint density at radius 1 is 1.39 bits per heavy atom. The number of nitrogens with one attached hydrogen (secondary N) is 2. The summed E-state index contributed by atoms with van der Waals surface area (Å²) in [6.07, 6.45) is 0.830. The molecule has 0 fully saturated rings. The highest BCUT2D eigenvalue weighted by atomic mass is 35.5. The van der Waals surface area contributed by atoms with Crippen molar-refractivity contribution in [3.63, 3.8) is 0 Å². The largest absolute Gasteiger partial charge is 0.495 e. The Kier molecular flexibility index (Phi) is 8.76. The van der Waals surface area contributed by atoms with Crippen molar-refractivity contribution in [2.24, 2.45) is 0 Å². The zero-order chi connectivity index (χ0) is 17.2. The van der Waals surface area contributed by atoms with E-state index in [0.717, 1.165) is 13.0 Å². The summed E-state index contributed by atoms with van der Waals surface area (Å²) >= 11 is 5.94. The standard InChI is InChI=1S/C16H26ClN3O3/c1-5-23-13(8-9-20(2)3)11-18-16(21)19-14-10-12(17)6-7-15(14)22-4/h6-7,10,13H,5,8-9,11H2,1-4H3,(H2,18,19,21). The van der Waals surface area contributed by atoms with Crippen LogP contribution < -0.4 is 15.4 Å². The van der Waals surface area contributed by atoms with Gasteiger partial charge in [-0.2, -0.15) is 0 Å². The minimum absolute atomic E-state index is 0.0191. The number of methoxy groups -OCH3 is 1.